The molecule has 1 aliphatic carbocycles. The minimum absolute atomic E-state index is 0.0414. The van der Waals surface area contributed by atoms with Gasteiger partial charge in [0.2, 0.25) is 5.91 Å². The molecular weight excluding hydrogens is 200 g/mol. The lowest BCUT2D eigenvalue weighted by Gasteiger charge is -2.31. The van der Waals surface area contributed by atoms with Crippen molar-refractivity contribution in [2.75, 3.05) is 7.05 Å². The van der Waals surface area contributed by atoms with Crippen LogP contribution >= 0.6 is 0 Å². The largest absolute Gasteiger partial charge is 0.330 e. The SMILES string of the molecule is CNC(C)(C)C(C)C(=O)NC1=CCCCC1. The number of allylic oxidation sites excluding steroid dienone is 2. The van der Waals surface area contributed by atoms with Crippen LogP contribution in [0.5, 0.6) is 0 Å². The van der Waals surface area contributed by atoms with E-state index in [0.29, 0.717) is 0 Å². The Balaban J connectivity index is 2.54. The second kappa shape index (κ2) is 5.48. The van der Waals surface area contributed by atoms with Crippen molar-refractivity contribution in [3.8, 4) is 0 Å². The number of rotatable bonds is 4. The first kappa shape index (κ1) is 13.2. The Morgan fingerprint density at radius 3 is 2.62 bits per heavy atom. The molecule has 2 N–H and O–H groups in total. The molecule has 0 spiro atoms. The summed E-state index contributed by atoms with van der Waals surface area (Å²) in [5.74, 6) is 0.0767. The highest BCUT2D eigenvalue weighted by molar-refractivity contribution is 5.81. The minimum Gasteiger partial charge on any atom is -0.330 e. The molecule has 3 heteroatoms. The first-order chi connectivity index (χ1) is 7.47. The van der Waals surface area contributed by atoms with Crippen molar-refractivity contribution in [2.45, 2.75) is 52.0 Å². The lowest BCUT2D eigenvalue weighted by molar-refractivity contribution is -0.125. The Morgan fingerprint density at radius 1 is 1.44 bits per heavy atom. The molecule has 0 aromatic rings. The summed E-state index contributed by atoms with van der Waals surface area (Å²) in [6.07, 6.45) is 6.70. The van der Waals surface area contributed by atoms with Gasteiger partial charge in [-0.2, -0.15) is 0 Å². The van der Waals surface area contributed by atoms with Crippen LogP contribution in [-0.4, -0.2) is 18.5 Å². The zero-order valence-electron chi connectivity index (χ0n) is 10.9. The van der Waals surface area contributed by atoms with Crippen molar-refractivity contribution < 1.29 is 4.79 Å². The third kappa shape index (κ3) is 3.34. The van der Waals surface area contributed by atoms with E-state index in [-0.39, 0.29) is 17.4 Å². The van der Waals surface area contributed by atoms with Crippen LogP contribution in [0.3, 0.4) is 0 Å². The summed E-state index contributed by atoms with van der Waals surface area (Å²) in [6.45, 7) is 6.06. The molecule has 0 radical (unpaired) electrons. The van der Waals surface area contributed by atoms with Crippen LogP contribution in [0.25, 0.3) is 0 Å². The van der Waals surface area contributed by atoms with Gasteiger partial charge in [-0.25, -0.2) is 0 Å². The van der Waals surface area contributed by atoms with E-state index in [4.69, 9.17) is 0 Å². The fourth-order valence-corrected chi connectivity index (χ4v) is 1.76. The molecule has 1 rings (SSSR count). The van der Waals surface area contributed by atoms with Crippen molar-refractivity contribution in [1.82, 2.24) is 10.6 Å². The van der Waals surface area contributed by atoms with E-state index in [0.717, 1.165) is 18.5 Å². The van der Waals surface area contributed by atoms with Crippen LogP contribution in [0.1, 0.15) is 46.5 Å². The molecule has 3 nitrogen and oxygen atoms in total. The fourth-order valence-electron chi connectivity index (χ4n) is 1.76. The molecule has 1 aliphatic rings. The molecule has 0 aromatic carbocycles. The Hall–Kier alpha value is -0.830. The van der Waals surface area contributed by atoms with Gasteiger partial charge in [0, 0.05) is 11.2 Å². The van der Waals surface area contributed by atoms with Crippen molar-refractivity contribution in [3.63, 3.8) is 0 Å². The first-order valence-corrected chi connectivity index (χ1v) is 6.16. The van der Waals surface area contributed by atoms with E-state index in [1.165, 1.54) is 12.8 Å². The molecule has 0 aromatic heterocycles. The molecule has 1 atom stereocenters. The zero-order chi connectivity index (χ0) is 12.2. The van der Waals surface area contributed by atoms with E-state index < -0.39 is 0 Å². The number of hydrogen-bond acceptors (Lipinski definition) is 2. The van der Waals surface area contributed by atoms with Crippen molar-refractivity contribution in [3.05, 3.63) is 11.8 Å². The monoisotopic (exact) mass is 224 g/mol. The number of carbonyl (C=O) groups is 1. The standard InChI is InChI=1S/C13H24N2O/c1-10(13(2,3)14-4)12(16)15-11-8-6-5-7-9-11/h8,10,14H,5-7,9H2,1-4H3,(H,15,16). The molecular formula is C13H24N2O. The van der Waals surface area contributed by atoms with E-state index >= 15 is 0 Å². The van der Waals surface area contributed by atoms with Crippen LogP contribution in [0.15, 0.2) is 11.8 Å². The maximum Gasteiger partial charge on any atom is 0.228 e. The van der Waals surface area contributed by atoms with Gasteiger partial charge in [-0.05, 0) is 46.6 Å². The number of hydrogen-bond donors (Lipinski definition) is 2. The summed E-state index contributed by atoms with van der Waals surface area (Å²) in [5, 5.41) is 6.22. The Kier molecular flexibility index (Phi) is 4.54. The number of carbonyl (C=O) groups excluding carboxylic acids is 1. The van der Waals surface area contributed by atoms with E-state index in [1.54, 1.807) is 0 Å². The summed E-state index contributed by atoms with van der Waals surface area (Å²) < 4.78 is 0. The number of nitrogens with one attached hydrogen (secondary N) is 2. The second-order valence-corrected chi connectivity index (χ2v) is 5.16. The van der Waals surface area contributed by atoms with Gasteiger partial charge in [0.25, 0.3) is 0 Å². The highest BCUT2D eigenvalue weighted by atomic mass is 16.1. The highest BCUT2D eigenvalue weighted by Crippen LogP contribution is 2.19. The molecule has 1 unspecified atom stereocenters. The van der Waals surface area contributed by atoms with E-state index in [2.05, 4.69) is 16.7 Å². The summed E-state index contributed by atoms with van der Waals surface area (Å²) >= 11 is 0. The molecule has 92 valence electrons. The zero-order valence-corrected chi connectivity index (χ0v) is 10.9. The van der Waals surface area contributed by atoms with Crippen molar-refractivity contribution >= 4 is 5.91 Å². The minimum atomic E-state index is -0.167. The molecule has 0 bridgehead atoms. The predicted molar refractivity (Wildman–Crippen MR) is 67.0 cm³/mol. The van der Waals surface area contributed by atoms with Crippen molar-refractivity contribution in [1.29, 1.82) is 0 Å². The quantitative estimate of drug-likeness (QED) is 0.768. The normalized spacial score (nSPS) is 18.9. The topological polar surface area (TPSA) is 41.1 Å². The van der Waals surface area contributed by atoms with Crippen LogP contribution < -0.4 is 10.6 Å². The maximum absolute atomic E-state index is 12.0. The third-order valence-electron chi connectivity index (χ3n) is 3.69. The summed E-state index contributed by atoms with van der Waals surface area (Å²) in [6, 6.07) is 0. The van der Waals surface area contributed by atoms with E-state index in [1.807, 2.05) is 27.8 Å². The molecule has 0 saturated carbocycles. The third-order valence-corrected chi connectivity index (χ3v) is 3.69. The molecule has 0 heterocycles. The Labute approximate surface area is 98.7 Å². The fraction of sp³-hybridized carbons (Fsp3) is 0.769. The van der Waals surface area contributed by atoms with Crippen LogP contribution in [0.4, 0.5) is 0 Å². The van der Waals surface area contributed by atoms with E-state index in [9.17, 15) is 4.79 Å². The maximum atomic E-state index is 12.0. The molecule has 0 saturated heterocycles. The second-order valence-electron chi connectivity index (χ2n) is 5.16. The highest BCUT2D eigenvalue weighted by Gasteiger charge is 2.29. The average Bonchev–Trinajstić information content (AvgIpc) is 2.29. The lowest BCUT2D eigenvalue weighted by Crippen LogP contribution is -2.49. The molecule has 16 heavy (non-hydrogen) atoms. The molecule has 0 fully saturated rings. The Morgan fingerprint density at radius 2 is 2.12 bits per heavy atom. The van der Waals surface area contributed by atoms with Crippen LogP contribution in [0.2, 0.25) is 0 Å². The predicted octanol–water partition coefficient (Wildman–Crippen LogP) is 2.19. The van der Waals surface area contributed by atoms with Gasteiger partial charge in [0.05, 0.1) is 5.92 Å². The van der Waals surface area contributed by atoms with Gasteiger partial charge in [-0.3, -0.25) is 4.79 Å². The number of amides is 1. The molecule has 1 amide bonds. The smallest absolute Gasteiger partial charge is 0.228 e. The first-order valence-electron chi connectivity index (χ1n) is 6.16. The Bertz CT molecular complexity index is 282. The lowest BCUT2D eigenvalue weighted by atomic mass is 9.88. The summed E-state index contributed by atoms with van der Waals surface area (Å²) in [5.41, 5.74) is 0.939. The van der Waals surface area contributed by atoms with Gasteiger partial charge >= 0.3 is 0 Å². The summed E-state index contributed by atoms with van der Waals surface area (Å²) in [7, 11) is 1.89. The van der Waals surface area contributed by atoms with Gasteiger partial charge in [-0.15, -0.1) is 0 Å². The summed E-state index contributed by atoms with van der Waals surface area (Å²) in [4.78, 5) is 12.0. The average molecular weight is 224 g/mol. The van der Waals surface area contributed by atoms with Gasteiger partial charge in [-0.1, -0.05) is 13.0 Å². The van der Waals surface area contributed by atoms with Crippen molar-refractivity contribution in [2.24, 2.45) is 5.92 Å². The van der Waals surface area contributed by atoms with Gasteiger partial charge in [0.15, 0.2) is 0 Å². The van der Waals surface area contributed by atoms with Gasteiger partial charge < -0.3 is 10.6 Å². The van der Waals surface area contributed by atoms with Crippen LogP contribution in [-0.2, 0) is 4.79 Å². The van der Waals surface area contributed by atoms with Gasteiger partial charge in [0.1, 0.15) is 0 Å². The van der Waals surface area contributed by atoms with Crippen LogP contribution in [0, 0.1) is 5.92 Å². The molecule has 0 aliphatic heterocycles.